The Hall–Kier alpha value is -0.960. The summed E-state index contributed by atoms with van der Waals surface area (Å²) >= 11 is 0. The average molecular weight is 257 g/mol. The maximum absolute atomic E-state index is 5.54. The van der Waals surface area contributed by atoms with Gasteiger partial charge in [0, 0.05) is 31.5 Å². The molecule has 0 spiro atoms. The highest BCUT2D eigenvalue weighted by Crippen LogP contribution is 2.10. The van der Waals surface area contributed by atoms with Gasteiger partial charge in [0.2, 0.25) is 0 Å². The van der Waals surface area contributed by atoms with Gasteiger partial charge in [-0.15, -0.1) is 0 Å². The Balaban J connectivity index is -0.000000506. The molecule has 0 atom stereocenters. The van der Waals surface area contributed by atoms with Crippen LogP contribution in [0.15, 0.2) is 24.0 Å². The molecule has 0 fully saturated rings. The predicted octanol–water partition coefficient (Wildman–Crippen LogP) is 3.35. The highest BCUT2D eigenvalue weighted by Gasteiger charge is 2.02. The molecule has 0 heterocycles. The van der Waals surface area contributed by atoms with Crippen LogP contribution in [0.4, 0.5) is 0 Å². The van der Waals surface area contributed by atoms with E-state index in [1.807, 2.05) is 34.7 Å². The van der Waals surface area contributed by atoms with Crippen LogP contribution in [0.2, 0.25) is 0 Å². The zero-order chi connectivity index (χ0) is 15.0. The Morgan fingerprint density at radius 1 is 1.22 bits per heavy atom. The highest BCUT2D eigenvalue weighted by atomic mass is 15.1. The molecule has 0 radical (unpaired) electrons. The third kappa shape index (κ3) is 15.0. The Labute approximate surface area is 115 Å². The zero-order valence-electron chi connectivity index (χ0n) is 13.6. The fourth-order valence-electron chi connectivity index (χ4n) is 1.27. The highest BCUT2D eigenvalue weighted by molar-refractivity contribution is 5.02. The Morgan fingerprint density at radius 3 is 2.06 bits per heavy atom. The van der Waals surface area contributed by atoms with Crippen LogP contribution in [-0.2, 0) is 0 Å². The van der Waals surface area contributed by atoms with Crippen LogP contribution < -0.4 is 11.1 Å². The van der Waals surface area contributed by atoms with Gasteiger partial charge in [-0.3, -0.25) is 0 Å². The average Bonchev–Trinajstić information content (AvgIpc) is 2.41. The third-order valence-electron chi connectivity index (χ3n) is 2.22. The zero-order valence-corrected chi connectivity index (χ0v) is 13.6. The largest absolute Gasteiger partial charge is 0.403 e. The molecule has 0 aliphatic carbocycles. The van der Waals surface area contributed by atoms with Crippen molar-refractivity contribution in [3.63, 3.8) is 0 Å². The number of nitrogens with one attached hydrogen (secondary N) is 1. The fraction of sp³-hybridized carbons (Fsp3) is 0.733. The van der Waals surface area contributed by atoms with Crippen LogP contribution in [-0.4, -0.2) is 32.1 Å². The minimum Gasteiger partial charge on any atom is -0.403 e. The van der Waals surface area contributed by atoms with Gasteiger partial charge in [0.1, 0.15) is 0 Å². The molecule has 0 aromatic heterocycles. The molecule has 0 saturated heterocycles. The molecule has 3 nitrogen and oxygen atoms in total. The first-order valence-corrected chi connectivity index (χ1v) is 7.06. The molecular weight excluding hydrogens is 222 g/mol. The van der Waals surface area contributed by atoms with Crippen molar-refractivity contribution in [2.75, 3.05) is 27.2 Å². The lowest BCUT2D eigenvalue weighted by atomic mass is 10.2. The molecule has 0 aliphatic rings. The van der Waals surface area contributed by atoms with Crippen molar-refractivity contribution >= 4 is 0 Å². The summed E-state index contributed by atoms with van der Waals surface area (Å²) in [6, 6.07) is 0. The molecular formula is C15H35N3. The van der Waals surface area contributed by atoms with Crippen molar-refractivity contribution in [2.24, 2.45) is 5.73 Å². The van der Waals surface area contributed by atoms with Gasteiger partial charge in [0.15, 0.2) is 0 Å². The standard InChI is InChI=1S/C11H23N3.2C2H6/c1-5-11(7-6-10(2)12)14(4)9-8-13-3;2*1-2/h5,13H,2,6-9,12H2,1,3-4H3;2*1-2H3/b11-5+;;. The molecule has 0 rings (SSSR count). The van der Waals surface area contributed by atoms with Gasteiger partial charge in [-0.25, -0.2) is 0 Å². The second-order valence-electron chi connectivity index (χ2n) is 3.46. The first-order chi connectivity index (χ1) is 8.61. The van der Waals surface area contributed by atoms with Gasteiger partial charge < -0.3 is 16.0 Å². The van der Waals surface area contributed by atoms with Gasteiger partial charge in [-0.2, -0.15) is 0 Å². The summed E-state index contributed by atoms with van der Waals surface area (Å²) in [5.74, 6) is 0. The summed E-state index contributed by atoms with van der Waals surface area (Å²) in [7, 11) is 4.07. The number of allylic oxidation sites excluding steroid dienone is 3. The number of likely N-dealkylation sites (N-methyl/N-ethyl adjacent to an activating group) is 2. The lowest BCUT2D eigenvalue weighted by molar-refractivity contribution is 0.398. The number of nitrogens with zero attached hydrogens (tertiary/aromatic N) is 1. The van der Waals surface area contributed by atoms with Crippen LogP contribution in [0.1, 0.15) is 47.5 Å². The van der Waals surface area contributed by atoms with Crippen LogP contribution >= 0.6 is 0 Å². The molecule has 0 saturated carbocycles. The molecule has 0 amide bonds. The molecule has 0 bridgehead atoms. The van der Waals surface area contributed by atoms with Crippen LogP contribution in [0.3, 0.4) is 0 Å². The second kappa shape index (κ2) is 18.4. The van der Waals surface area contributed by atoms with Gasteiger partial charge in [0.05, 0.1) is 0 Å². The monoisotopic (exact) mass is 257 g/mol. The number of hydrogen-bond acceptors (Lipinski definition) is 3. The summed E-state index contributed by atoms with van der Waals surface area (Å²) in [5.41, 5.74) is 7.62. The van der Waals surface area contributed by atoms with Crippen molar-refractivity contribution in [1.29, 1.82) is 0 Å². The SMILES string of the molecule is C=C(N)CC/C(=C\C)N(C)CCNC.CC.CC. The summed E-state index contributed by atoms with van der Waals surface area (Å²) < 4.78 is 0. The molecule has 0 unspecified atom stereocenters. The topological polar surface area (TPSA) is 41.3 Å². The number of hydrogen-bond donors (Lipinski definition) is 2. The number of rotatable bonds is 7. The molecule has 110 valence electrons. The van der Waals surface area contributed by atoms with Crippen molar-refractivity contribution in [2.45, 2.75) is 47.5 Å². The molecule has 0 aromatic rings. The first kappa shape index (κ1) is 22.2. The van der Waals surface area contributed by atoms with Crippen molar-refractivity contribution in [3.8, 4) is 0 Å². The van der Waals surface area contributed by atoms with E-state index in [2.05, 4.69) is 36.8 Å². The lowest BCUT2D eigenvalue weighted by Crippen LogP contribution is -2.27. The maximum Gasteiger partial charge on any atom is 0.0296 e. The van der Waals surface area contributed by atoms with Crippen LogP contribution in [0.5, 0.6) is 0 Å². The first-order valence-electron chi connectivity index (χ1n) is 7.06. The summed E-state index contributed by atoms with van der Waals surface area (Å²) in [6.07, 6.45) is 3.98. The van der Waals surface area contributed by atoms with E-state index in [9.17, 15) is 0 Å². The van der Waals surface area contributed by atoms with E-state index < -0.39 is 0 Å². The van der Waals surface area contributed by atoms with Gasteiger partial charge >= 0.3 is 0 Å². The normalized spacial score (nSPS) is 9.61. The van der Waals surface area contributed by atoms with E-state index in [0.717, 1.165) is 31.6 Å². The third-order valence-corrected chi connectivity index (χ3v) is 2.22. The summed E-state index contributed by atoms with van der Waals surface area (Å²) in [6.45, 7) is 15.8. The van der Waals surface area contributed by atoms with Crippen LogP contribution in [0.25, 0.3) is 0 Å². The van der Waals surface area contributed by atoms with E-state index in [-0.39, 0.29) is 0 Å². The predicted molar refractivity (Wildman–Crippen MR) is 85.6 cm³/mol. The second-order valence-corrected chi connectivity index (χ2v) is 3.46. The van der Waals surface area contributed by atoms with E-state index in [4.69, 9.17) is 5.73 Å². The van der Waals surface area contributed by atoms with Gasteiger partial charge in [-0.05, 0) is 26.8 Å². The maximum atomic E-state index is 5.54. The van der Waals surface area contributed by atoms with Crippen molar-refractivity contribution in [3.05, 3.63) is 24.0 Å². The van der Waals surface area contributed by atoms with E-state index >= 15 is 0 Å². The van der Waals surface area contributed by atoms with E-state index in [1.165, 1.54) is 5.70 Å². The fourth-order valence-corrected chi connectivity index (χ4v) is 1.27. The van der Waals surface area contributed by atoms with Crippen LogP contribution in [0, 0.1) is 0 Å². The summed E-state index contributed by atoms with van der Waals surface area (Å²) in [4.78, 5) is 2.25. The smallest absolute Gasteiger partial charge is 0.0296 e. The molecule has 3 heteroatoms. The minimum atomic E-state index is 0.756. The Bertz CT molecular complexity index is 198. The minimum absolute atomic E-state index is 0.756. The Kier molecular flexibility index (Phi) is 22.7. The lowest BCUT2D eigenvalue weighted by Gasteiger charge is -2.22. The Morgan fingerprint density at radius 2 is 1.72 bits per heavy atom. The van der Waals surface area contributed by atoms with Gasteiger partial charge in [-0.1, -0.05) is 40.3 Å². The molecule has 3 N–H and O–H groups in total. The molecule has 18 heavy (non-hydrogen) atoms. The van der Waals surface area contributed by atoms with E-state index in [0.29, 0.717) is 0 Å². The molecule has 0 aromatic carbocycles. The molecule has 0 aliphatic heterocycles. The van der Waals surface area contributed by atoms with Gasteiger partial charge in [0.25, 0.3) is 0 Å². The van der Waals surface area contributed by atoms with Crippen molar-refractivity contribution in [1.82, 2.24) is 10.2 Å². The summed E-state index contributed by atoms with van der Waals surface area (Å²) in [5, 5.41) is 3.13. The number of nitrogens with two attached hydrogens (primary N) is 1. The van der Waals surface area contributed by atoms with Crippen molar-refractivity contribution < 1.29 is 0 Å². The quantitative estimate of drug-likeness (QED) is 0.735. The van der Waals surface area contributed by atoms with E-state index in [1.54, 1.807) is 0 Å².